The molecule has 108 valence electrons. The van der Waals surface area contributed by atoms with E-state index in [9.17, 15) is 9.59 Å². The Morgan fingerprint density at radius 3 is 2.71 bits per heavy atom. The van der Waals surface area contributed by atoms with Gasteiger partial charge in [0.15, 0.2) is 5.78 Å². The van der Waals surface area contributed by atoms with Crippen molar-refractivity contribution in [3.8, 4) is 0 Å². The lowest BCUT2D eigenvalue weighted by Crippen LogP contribution is -2.16. The maximum atomic E-state index is 12.0. The zero-order chi connectivity index (χ0) is 15.2. The second-order valence-electron chi connectivity index (χ2n) is 4.23. The molecule has 0 aliphatic heterocycles. The summed E-state index contributed by atoms with van der Waals surface area (Å²) in [5, 5.41) is 3.85. The number of benzene rings is 1. The smallest absolute Gasteiger partial charge is 0.234 e. The second-order valence-corrected chi connectivity index (χ2v) is 5.60. The maximum absolute atomic E-state index is 12.0. The molecular weight excluding hydrogens is 308 g/mol. The summed E-state index contributed by atoms with van der Waals surface area (Å²) in [5.41, 5.74) is 1.01. The van der Waals surface area contributed by atoms with Gasteiger partial charge in [0.2, 0.25) is 5.91 Å². The Hall–Kier alpha value is -1.85. The van der Waals surface area contributed by atoms with Gasteiger partial charge in [-0.15, -0.1) is 0 Å². The van der Waals surface area contributed by atoms with Crippen molar-refractivity contribution < 1.29 is 9.59 Å². The van der Waals surface area contributed by atoms with Crippen LogP contribution in [0, 0.1) is 0 Å². The minimum atomic E-state index is -0.213. The van der Waals surface area contributed by atoms with E-state index in [0.29, 0.717) is 21.3 Å². The quantitative estimate of drug-likeness (QED) is 0.674. The second kappa shape index (κ2) is 7.24. The van der Waals surface area contributed by atoms with Crippen molar-refractivity contribution in [3.63, 3.8) is 0 Å². The van der Waals surface area contributed by atoms with Gasteiger partial charge in [-0.2, -0.15) is 0 Å². The molecule has 0 spiro atoms. The molecule has 0 unspecified atom stereocenters. The number of pyridine rings is 1. The molecule has 0 aliphatic rings. The number of carbonyl (C=O) groups is 2. The molecular formula is C15H13ClN2O2S. The van der Waals surface area contributed by atoms with E-state index in [1.165, 1.54) is 18.7 Å². The monoisotopic (exact) mass is 320 g/mol. The number of hydrogen-bond acceptors (Lipinski definition) is 4. The van der Waals surface area contributed by atoms with E-state index in [1.807, 2.05) is 0 Å². The average Bonchev–Trinajstić information content (AvgIpc) is 2.47. The molecule has 2 rings (SSSR count). The number of amides is 1. The molecule has 0 radical (unpaired) electrons. The minimum Gasteiger partial charge on any atom is -0.325 e. The number of hydrogen-bond donors (Lipinski definition) is 1. The minimum absolute atomic E-state index is 0.0914. The molecule has 0 atom stereocenters. The Balaban J connectivity index is 2.00. The first-order valence-electron chi connectivity index (χ1n) is 6.21. The summed E-state index contributed by atoms with van der Waals surface area (Å²) in [7, 11) is 0. The Bertz CT molecular complexity index is 676. The van der Waals surface area contributed by atoms with Gasteiger partial charge >= 0.3 is 0 Å². The topological polar surface area (TPSA) is 59.1 Å². The first kappa shape index (κ1) is 15.5. The SMILES string of the molecule is CC(=O)c1ccccc1NC(=O)CSc1ncccc1Cl. The van der Waals surface area contributed by atoms with Crippen molar-refractivity contribution >= 4 is 40.7 Å². The van der Waals surface area contributed by atoms with Crippen molar-refractivity contribution in [1.29, 1.82) is 0 Å². The summed E-state index contributed by atoms with van der Waals surface area (Å²) in [4.78, 5) is 27.5. The fourth-order valence-corrected chi connectivity index (χ4v) is 2.66. The van der Waals surface area contributed by atoms with Gasteiger partial charge < -0.3 is 5.32 Å². The average molecular weight is 321 g/mol. The van der Waals surface area contributed by atoms with Crippen LogP contribution in [0.25, 0.3) is 0 Å². The molecule has 0 bridgehead atoms. The normalized spacial score (nSPS) is 10.2. The third kappa shape index (κ3) is 4.31. The molecule has 0 saturated carbocycles. The number of ketones is 1. The largest absolute Gasteiger partial charge is 0.325 e. The molecule has 0 fully saturated rings. The molecule has 1 heterocycles. The van der Waals surface area contributed by atoms with Gasteiger partial charge in [0.05, 0.1) is 16.5 Å². The van der Waals surface area contributed by atoms with Crippen LogP contribution in [0.3, 0.4) is 0 Å². The van der Waals surface area contributed by atoms with Crippen LogP contribution in [0.2, 0.25) is 5.02 Å². The third-order valence-corrected chi connectivity index (χ3v) is 4.07. The summed E-state index contributed by atoms with van der Waals surface area (Å²) in [6, 6.07) is 10.4. The van der Waals surface area contributed by atoms with E-state index in [-0.39, 0.29) is 17.4 Å². The number of rotatable bonds is 5. The van der Waals surface area contributed by atoms with Gasteiger partial charge in [0.25, 0.3) is 0 Å². The fraction of sp³-hybridized carbons (Fsp3) is 0.133. The molecule has 1 N–H and O–H groups in total. The highest BCUT2D eigenvalue weighted by atomic mass is 35.5. The van der Waals surface area contributed by atoms with Gasteiger partial charge in [0, 0.05) is 11.8 Å². The lowest BCUT2D eigenvalue weighted by molar-refractivity contribution is -0.113. The molecule has 21 heavy (non-hydrogen) atoms. The maximum Gasteiger partial charge on any atom is 0.234 e. The van der Waals surface area contributed by atoms with Crippen molar-refractivity contribution in [3.05, 3.63) is 53.2 Å². The number of anilines is 1. The number of para-hydroxylation sites is 1. The van der Waals surface area contributed by atoms with Crippen LogP contribution in [-0.2, 0) is 4.79 Å². The summed E-state index contributed by atoms with van der Waals surface area (Å²) in [6.07, 6.45) is 1.62. The van der Waals surface area contributed by atoms with Crippen LogP contribution in [0.4, 0.5) is 5.69 Å². The number of aromatic nitrogens is 1. The Kier molecular flexibility index (Phi) is 5.36. The van der Waals surface area contributed by atoms with E-state index >= 15 is 0 Å². The van der Waals surface area contributed by atoms with Gasteiger partial charge in [-0.1, -0.05) is 35.5 Å². The molecule has 4 nitrogen and oxygen atoms in total. The van der Waals surface area contributed by atoms with Crippen molar-refractivity contribution in [1.82, 2.24) is 4.98 Å². The molecule has 1 aromatic carbocycles. The first-order valence-corrected chi connectivity index (χ1v) is 7.57. The zero-order valence-electron chi connectivity index (χ0n) is 11.3. The van der Waals surface area contributed by atoms with Gasteiger partial charge in [-0.05, 0) is 31.2 Å². The Morgan fingerprint density at radius 1 is 1.24 bits per heavy atom. The van der Waals surface area contributed by atoms with E-state index in [2.05, 4.69) is 10.3 Å². The molecule has 0 saturated heterocycles. The Morgan fingerprint density at radius 2 is 2.00 bits per heavy atom. The van der Waals surface area contributed by atoms with Crippen LogP contribution in [0.15, 0.2) is 47.6 Å². The predicted molar refractivity (Wildman–Crippen MR) is 85.0 cm³/mol. The molecule has 0 aliphatic carbocycles. The fourth-order valence-electron chi connectivity index (χ4n) is 1.70. The summed E-state index contributed by atoms with van der Waals surface area (Å²) in [6.45, 7) is 1.47. The van der Waals surface area contributed by atoms with Gasteiger partial charge in [0.1, 0.15) is 5.03 Å². The van der Waals surface area contributed by atoms with Crippen LogP contribution < -0.4 is 5.32 Å². The number of thioether (sulfide) groups is 1. The van der Waals surface area contributed by atoms with E-state index < -0.39 is 0 Å². The van der Waals surface area contributed by atoms with Crippen LogP contribution >= 0.6 is 23.4 Å². The predicted octanol–water partition coefficient (Wildman–Crippen LogP) is 3.67. The number of halogens is 1. The lowest BCUT2D eigenvalue weighted by atomic mass is 10.1. The third-order valence-electron chi connectivity index (χ3n) is 2.65. The highest BCUT2D eigenvalue weighted by Crippen LogP contribution is 2.24. The summed E-state index contributed by atoms with van der Waals surface area (Å²) in [5.74, 6) is -0.134. The van der Waals surface area contributed by atoms with E-state index in [0.717, 1.165) is 0 Å². The van der Waals surface area contributed by atoms with Crippen LogP contribution in [0.5, 0.6) is 0 Å². The summed E-state index contributed by atoms with van der Waals surface area (Å²) < 4.78 is 0. The number of Topliss-reactive ketones (excluding diaryl/α,β-unsaturated/α-hetero) is 1. The van der Waals surface area contributed by atoms with Crippen LogP contribution in [0.1, 0.15) is 17.3 Å². The van der Waals surface area contributed by atoms with Crippen molar-refractivity contribution in [2.75, 3.05) is 11.1 Å². The molecule has 6 heteroatoms. The summed E-state index contributed by atoms with van der Waals surface area (Å²) >= 11 is 7.22. The number of nitrogens with one attached hydrogen (secondary N) is 1. The highest BCUT2D eigenvalue weighted by molar-refractivity contribution is 8.00. The van der Waals surface area contributed by atoms with Gasteiger partial charge in [-0.25, -0.2) is 4.98 Å². The van der Waals surface area contributed by atoms with Gasteiger partial charge in [-0.3, -0.25) is 9.59 Å². The van der Waals surface area contributed by atoms with Crippen LogP contribution in [-0.4, -0.2) is 22.4 Å². The zero-order valence-corrected chi connectivity index (χ0v) is 12.9. The van der Waals surface area contributed by atoms with E-state index in [4.69, 9.17) is 11.6 Å². The number of carbonyl (C=O) groups excluding carboxylic acids is 2. The molecule has 2 aromatic rings. The standard InChI is InChI=1S/C15H13ClN2O2S/c1-10(19)11-5-2-3-7-13(11)18-14(20)9-21-15-12(16)6-4-8-17-15/h2-8H,9H2,1H3,(H,18,20). The molecule has 1 aromatic heterocycles. The Labute approximate surface area is 131 Å². The van der Waals surface area contributed by atoms with Crippen molar-refractivity contribution in [2.45, 2.75) is 11.9 Å². The van der Waals surface area contributed by atoms with E-state index in [1.54, 1.807) is 42.6 Å². The van der Waals surface area contributed by atoms with Crippen molar-refractivity contribution in [2.24, 2.45) is 0 Å². The highest BCUT2D eigenvalue weighted by Gasteiger charge is 2.11. The number of nitrogens with zero attached hydrogens (tertiary/aromatic N) is 1. The lowest BCUT2D eigenvalue weighted by Gasteiger charge is -2.08. The molecule has 1 amide bonds. The first-order chi connectivity index (χ1) is 10.1.